The van der Waals surface area contributed by atoms with Crippen LogP contribution in [-0.4, -0.2) is 47.8 Å². The summed E-state index contributed by atoms with van der Waals surface area (Å²) in [6.45, 7) is 4.10. The van der Waals surface area contributed by atoms with Crippen LogP contribution in [0.4, 0.5) is 13.6 Å². The second-order valence-electron chi connectivity index (χ2n) is 6.25. The lowest BCUT2D eigenvalue weighted by molar-refractivity contribution is -0.135. The van der Waals surface area contributed by atoms with E-state index >= 15 is 0 Å². The maximum absolute atomic E-state index is 14.1. The second kappa shape index (κ2) is 7.68. The number of carbonyl (C=O) groups excluding carboxylic acids is 4. The van der Waals surface area contributed by atoms with Crippen molar-refractivity contribution in [1.82, 2.24) is 20.9 Å². The fourth-order valence-corrected chi connectivity index (χ4v) is 2.73. The predicted octanol–water partition coefficient (Wildman–Crippen LogP) is 0.373. The van der Waals surface area contributed by atoms with Gasteiger partial charge in [-0.2, -0.15) is 0 Å². The summed E-state index contributed by atoms with van der Waals surface area (Å²) < 4.78 is 27.6. The molecule has 0 unspecified atom stereocenters. The van der Waals surface area contributed by atoms with Crippen LogP contribution < -0.4 is 16.0 Å². The quantitative estimate of drug-likeness (QED) is 0.618. The van der Waals surface area contributed by atoms with Gasteiger partial charge in [-0.25, -0.2) is 13.6 Å². The topological polar surface area (TPSA) is 108 Å². The molecule has 8 nitrogen and oxygen atoms in total. The van der Waals surface area contributed by atoms with Crippen LogP contribution in [-0.2, 0) is 19.9 Å². The van der Waals surface area contributed by atoms with Crippen molar-refractivity contribution < 1.29 is 28.0 Å². The fraction of sp³-hybridized carbons (Fsp3) is 0.412. The third-order valence-corrected chi connectivity index (χ3v) is 4.17. The van der Waals surface area contributed by atoms with Gasteiger partial charge in [0, 0.05) is 12.1 Å². The molecule has 1 aliphatic heterocycles. The van der Waals surface area contributed by atoms with Gasteiger partial charge in [0.1, 0.15) is 29.8 Å². The van der Waals surface area contributed by atoms with Crippen LogP contribution in [0.1, 0.15) is 26.3 Å². The van der Waals surface area contributed by atoms with E-state index in [0.717, 1.165) is 18.2 Å². The Morgan fingerprint density at radius 1 is 1.30 bits per heavy atom. The number of urea groups is 1. The number of benzene rings is 1. The number of nitrogens with one attached hydrogen (secondary N) is 3. The molecule has 1 saturated heterocycles. The third kappa shape index (κ3) is 4.04. The van der Waals surface area contributed by atoms with E-state index < -0.39 is 53.5 Å². The Morgan fingerprint density at radius 2 is 1.96 bits per heavy atom. The Bertz CT molecular complexity index is 801. The zero-order valence-corrected chi connectivity index (χ0v) is 15.1. The first-order valence-electron chi connectivity index (χ1n) is 8.26. The van der Waals surface area contributed by atoms with Gasteiger partial charge in [-0.3, -0.25) is 19.3 Å². The molecule has 1 aromatic carbocycles. The Morgan fingerprint density at radius 3 is 2.59 bits per heavy atom. The second-order valence-corrected chi connectivity index (χ2v) is 6.25. The van der Waals surface area contributed by atoms with Gasteiger partial charge in [0.25, 0.3) is 5.91 Å². The highest BCUT2D eigenvalue weighted by Crippen LogP contribution is 2.31. The standard InChI is InChI=1S/C17H20F2N4O4/c1-4-20-14(25)9(2)21-13(24)8-23-15(26)17(3,22-16(23)27)11-7-10(18)5-6-12(11)19/h5-7,9H,4,8H2,1-3H3,(H,20,25)(H,21,24)(H,22,27)/t9-,17-/m1/s1. The minimum atomic E-state index is -1.85. The molecule has 10 heteroatoms. The summed E-state index contributed by atoms with van der Waals surface area (Å²) in [7, 11) is 0. The summed E-state index contributed by atoms with van der Waals surface area (Å²) in [5.74, 6) is -3.72. The number of nitrogens with zero attached hydrogens (tertiary/aromatic N) is 1. The molecule has 0 saturated carbocycles. The van der Waals surface area contributed by atoms with Crippen LogP contribution in [0.5, 0.6) is 0 Å². The maximum Gasteiger partial charge on any atom is 0.325 e. The van der Waals surface area contributed by atoms with Gasteiger partial charge in [-0.05, 0) is 39.0 Å². The van der Waals surface area contributed by atoms with Crippen LogP contribution >= 0.6 is 0 Å². The lowest BCUT2D eigenvalue weighted by Gasteiger charge is -2.23. The van der Waals surface area contributed by atoms with Crippen molar-refractivity contribution in [3.05, 3.63) is 35.4 Å². The number of carbonyl (C=O) groups is 4. The largest absolute Gasteiger partial charge is 0.355 e. The molecule has 1 fully saturated rings. The molecule has 2 atom stereocenters. The summed E-state index contributed by atoms with van der Waals surface area (Å²) >= 11 is 0. The number of imide groups is 1. The van der Waals surface area contributed by atoms with E-state index in [1.165, 1.54) is 13.8 Å². The molecule has 1 aromatic rings. The predicted molar refractivity (Wildman–Crippen MR) is 90.2 cm³/mol. The van der Waals surface area contributed by atoms with Gasteiger partial charge in [0.2, 0.25) is 11.8 Å². The highest BCUT2D eigenvalue weighted by Gasteiger charge is 2.50. The molecule has 1 aliphatic rings. The zero-order chi connectivity index (χ0) is 20.4. The molecule has 0 radical (unpaired) electrons. The van der Waals surface area contributed by atoms with Crippen molar-refractivity contribution in [2.75, 3.05) is 13.1 Å². The van der Waals surface area contributed by atoms with Crippen molar-refractivity contribution in [2.45, 2.75) is 32.4 Å². The Labute approximate surface area is 154 Å². The van der Waals surface area contributed by atoms with E-state index in [0.29, 0.717) is 11.4 Å². The van der Waals surface area contributed by atoms with Crippen molar-refractivity contribution in [2.24, 2.45) is 0 Å². The van der Waals surface area contributed by atoms with Crippen molar-refractivity contribution in [3.63, 3.8) is 0 Å². The first-order chi connectivity index (χ1) is 12.6. The number of rotatable bonds is 6. The number of hydrogen-bond acceptors (Lipinski definition) is 4. The molecule has 0 aliphatic carbocycles. The van der Waals surface area contributed by atoms with Crippen LogP contribution in [0.3, 0.4) is 0 Å². The summed E-state index contributed by atoms with van der Waals surface area (Å²) in [4.78, 5) is 49.1. The molecule has 1 heterocycles. The molecule has 0 bridgehead atoms. The minimum Gasteiger partial charge on any atom is -0.355 e. The summed E-state index contributed by atoms with van der Waals surface area (Å²) in [5, 5.41) is 7.17. The van der Waals surface area contributed by atoms with Gasteiger partial charge in [-0.15, -0.1) is 0 Å². The van der Waals surface area contributed by atoms with Gasteiger partial charge in [0.15, 0.2) is 0 Å². The van der Waals surface area contributed by atoms with Crippen molar-refractivity contribution in [3.8, 4) is 0 Å². The zero-order valence-electron chi connectivity index (χ0n) is 15.1. The van der Waals surface area contributed by atoms with Crippen LogP contribution in [0.25, 0.3) is 0 Å². The molecule has 27 heavy (non-hydrogen) atoms. The average Bonchev–Trinajstić information content (AvgIpc) is 2.81. The van der Waals surface area contributed by atoms with E-state index in [2.05, 4.69) is 16.0 Å². The Balaban J connectivity index is 2.15. The van der Waals surface area contributed by atoms with E-state index in [1.807, 2.05) is 0 Å². The van der Waals surface area contributed by atoms with E-state index in [9.17, 15) is 28.0 Å². The Kier molecular flexibility index (Phi) is 5.77. The molecule has 3 N–H and O–H groups in total. The summed E-state index contributed by atoms with van der Waals surface area (Å²) in [6.07, 6.45) is 0. The smallest absolute Gasteiger partial charge is 0.325 e. The van der Waals surface area contributed by atoms with E-state index in [-0.39, 0.29) is 5.56 Å². The first kappa shape index (κ1) is 20.3. The molecule has 5 amide bonds. The molecule has 0 spiro atoms. The van der Waals surface area contributed by atoms with Crippen LogP contribution in [0, 0.1) is 11.6 Å². The number of likely N-dealkylation sites (N-methyl/N-ethyl adjacent to an activating group) is 1. The van der Waals surface area contributed by atoms with Crippen molar-refractivity contribution in [1.29, 1.82) is 0 Å². The number of halogens is 2. The van der Waals surface area contributed by atoms with Gasteiger partial charge < -0.3 is 16.0 Å². The normalized spacial score (nSPS) is 20.3. The van der Waals surface area contributed by atoms with Gasteiger partial charge in [0.05, 0.1) is 0 Å². The first-order valence-corrected chi connectivity index (χ1v) is 8.26. The minimum absolute atomic E-state index is 0.348. The monoisotopic (exact) mass is 382 g/mol. The highest BCUT2D eigenvalue weighted by atomic mass is 19.1. The third-order valence-electron chi connectivity index (χ3n) is 4.17. The van der Waals surface area contributed by atoms with Gasteiger partial charge >= 0.3 is 6.03 Å². The van der Waals surface area contributed by atoms with E-state index in [4.69, 9.17) is 0 Å². The van der Waals surface area contributed by atoms with Crippen LogP contribution in [0.15, 0.2) is 18.2 Å². The van der Waals surface area contributed by atoms with Crippen molar-refractivity contribution >= 4 is 23.8 Å². The molecular formula is C17H20F2N4O4. The molecule has 146 valence electrons. The number of hydrogen-bond donors (Lipinski definition) is 3. The highest BCUT2D eigenvalue weighted by molar-refractivity contribution is 6.09. The average molecular weight is 382 g/mol. The molecule has 2 rings (SSSR count). The lowest BCUT2D eigenvalue weighted by Crippen LogP contribution is -2.49. The number of amides is 5. The Hall–Kier alpha value is -3.04. The maximum atomic E-state index is 14.1. The van der Waals surface area contributed by atoms with E-state index in [1.54, 1.807) is 6.92 Å². The molecular weight excluding hydrogens is 362 g/mol. The lowest BCUT2D eigenvalue weighted by atomic mass is 9.91. The summed E-state index contributed by atoms with van der Waals surface area (Å²) in [5.41, 5.74) is -2.20. The SMILES string of the molecule is CCNC(=O)[C@@H](C)NC(=O)CN1C(=O)N[C@](C)(c2cc(F)ccc2F)C1=O. The summed E-state index contributed by atoms with van der Waals surface area (Å²) in [6, 6.07) is 0.752. The fourth-order valence-electron chi connectivity index (χ4n) is 2.73. The van der Waals surface area contributed by atoms with Crippen LogP contribution in [0.2, 0.25) is 0 Å². The molecule has 0 aromatic heterocycles. The van der Waals surface area contributed by atoms with Gasteiger partial charge in [-0.1, -0.05) is 0 Å².